The van der Waals surface area contributed by atoms with Crippen molar-refractivity contribution in [3.8, 4) is 0 Å². The number of halogens is 2. The summed E-state index contributed by atoms with van der Waals surface area (Å²) in [5.41, 5.74) is 3.52. The molecule has 18 heavy (non-hydrogen) atoms. The highest BCUT2D eigenvalue weighted by molar-refractivity contribution is 6.17. The number of hydrogen-bond acceptors (Lipinski definition) is 1. The van der Waals surface area contributed by atoms with Crippen LogP contribution in [0.5, 0.6) is 0 Å². The van der Waals surface area contributed by atoms with Gasteiger partial charge in [-0.2, -0.15) is 0 Å². The lowest BCUT2D eigenvalue weighted by atomic mass is 10.1. The normalized spacial score (nSPS) is 10.4. The number of aryl methyl sites for hydroxylation is 1. The van der Waals surface area contributed by atoms with Crippen LogP contribution in [-0.2, 0) is 5.88 Å². The lowest BCUT2D eigenvalue weighted by Crippen LogP contribution is -2.12. The van der Waals surface area contributed by atoms with E-state index in [0.29, 0.717) is 5.56 Å². The molecule has 0 atom stereocenters. The van der Waals surface area contributed by atoms with Gasteiger partial charge in [-0.3, -0.25) is 0 Å². The third-order valence-corrected chi connectivity index (χ3v) is 3.25. The van der Waals surface area contributed by atoms with Gasteiger partial charge in [-0.1, -0.05) is 18.2 Å². The highest BCUT2D eigenvalue weighted by Gasteiger charge is 2.12. The smallest absolute Gasteiger partial charge is 0.129 e. The predicted octanol–water partition coefficient (Wildman–Crippen LogP) is 4.64. The predicted molar refractivity (Wildman–Crippen MR) is 75.2 cm³/mol. The summed E-state index contributed by atoms with van der Waals surface area (Å²) in [4.78, 5) is 1.95. The molecule has 2 rings (SSSR count). The Kier molecular flexibility index (Phi) is 3.87. The Hall–Kier alpha value is -1.54. The summed E-state index contributed by atoms with van der Waals surface area (Å²) in [6.45, 7) is 2.03. The van der Waals surface area contributed by atoms with Crippen molar-refractivity contribution in [2.24, 2.45) is 0 Å². The first kappa shape index (κ1) is 12.9. The number of alkyl halides is 1. The summed E-state index contributed by atoms with van der Waals surface area (Å²) in [6.07, 6.45) is 0. The summed E-state index contributed by atoms with van der Waals surface area (Å²) in [6, 6.07) is 13.1. The van der Waals surface area contributed by atoms with E-state index < -0.39 is 0 Å². The van der Waals surface area contributed by atoms with Gasteiger partial charge in [0.05, 0.1) is 5.88 Å². The average molecular weight is 264 g/mol. The molecule has 0 fully saturated rings. The maximum Gasteiger partial charge on any atom is 0.129 e. The van der Waals surface area contributed by atoms with Gasteiger partial charge in [0.25, 0.3) is 0 Å². The van der Waals surface area contributed by atoms with Gasteiger partial charge in [-0.05, 0) is 36.8 Å². The molecule has 0 spiro atoms. The van der Waals surface area contributed by atoms with Crippen molar-refractivity contribution in [3.63, 3.8) is 0 Å². The van der Waals surface area contributed by atoms with Gasteiger partial charge in [0.2, 0.25) is 0 Å². The molecule has 0 bridgehead atoms. The molecule has 0 unspecified atom stereocenters. The number of benzene rings is 2. The van der Waals surface area contributed by atoms with E-state index >= 15 is 0 Å². The van der Waals surface area contributed by atoms with E-state index in [2.05, 4.69) is 6.07 Å². The second-order valence-electron chi connectivity index (χ2n) is 4.27. The van der Waals surface area contributed by atoms with Crippen molar-refractivity contribution < 1.29 is 4.39 Å². The Bertz CT molecular complexity index is 554. The van der Waals surface area contributed by atoms with Crippen molar-refractivity contribution >= 4 is 23.0 Å². The Morgan fingerprint density at radius 1 is 1.17 bits per heavy atom. The van der Waals surface area contributed by atoms with Crippen molar-refractivity contribution in [3.05, 3.63) is 59.4 Å². The molecular formula is C15H15ClFN. The van der Waals surface area contributed by atoms with Crippen LogP contribution in [0.3, 0.4) is 0 Å². The topological polar surface area (TPSA) is 3.24 Å². The van der Waals surface area contributed by atoms with Crippen LogP contribution in [0.15, 0.2) is 42.5 Å². The van der Waals surface area contributed by atoms with Crippen LogP contribution >= 0.6 is 11.6 Å². The molecule has 2 aromatic rings. The maximum absolute atomic E-state index is 13.7. The summed E-state index contributed by atoms with van der Waals surface area (Å²) in [5.74, 6) is -0.0972. The van der Waals surface area contributed by atoms with Crippen molar-refractivity contribution in [2.45, 2.75) is 12.8 Å². The standard InChI is InChI=1S/C15H15ClFN/c1-11-5-3-6-12(9-11)18(2)15-8-4-7-14(17)13(15)10-16/h3-9H,10H2,1-2H3. The SMILES string of the molecule is Cc1cccc(N(C)c2cccc(F)c2CCl)c1. The molecule has 0 N–H and O–H groups in total. The van der Waals surface area contributed by atoms with E-state index in [0.717, 1.165) is 11.4 Å². The first-order valence-corrected chi connectivity index (χ1v) is 6.30. The monoisotopic (exact) mass is 263 g/mol. The van der Waals surface area contributed by atoms with Gasteiger partial charge in [0, 0.05) is 24.0 Å². The molecule has 0 aliphatic carbocycles. The van der Waals surface area contributed by atoms with Crippen molar-refractivity contribution in [1.82, 2.24) is 0 Å². The van der Waals surface area contributed by atoms with E-state index in [-0.39, 0.29) is 11.7 Å². The molecule has 0 aliphatic heterocycles. The molecule has 0 saturated heterocycles. The first-order chi connectivity index (χ1) is 8.63. The minimum absolute atomic E-state index is 0.165. The van der Waals surface area contributed by atoms with Crippen LogP contribution in [0.2, 0.25) is 0 Å². The first-order valence-electron chi connectivity index (χ1n) is 5.77. The van der Waals surface area contributed by atoms with E-state index in [1.165, 1.54) is 11.6 Å². The van der Waals surface area contributed by atoms with Gasteiger partial charge in [-0.25, -0.2) is 4.39 Å². The van der Waals surface area contributed by atoms with Crippen molar-refractivity contribution in [1.29, 1.82) is 0 Å². The fraction of sp³-hybridized carbons (Fsp3) is 0.200. The van der Waals surface area contributed by atoms with Gasteiger partial charge in [0.1, 0.15) is 5.82 Å². The molecule has 0 aliphatic rings. The Labute approximate surface area is 112 Å². The molecule has 0 saturated carbocycles. The Balaban J connectivity index is 2.46. The van der Waals surface area contributed by atoms with Gasteiger partial charge < -0.3 is 4.90 Å². The number of rotatable bonds is 3. The van der Waals surface area contributed by atoms with Gasteiger partial charge >= 0.3 is 0 Å². The zero-order valence-corrected chi connectivity index (χ0v) is 11.2. The molecule has 2 aromatic carbocycles. The minimum Gasteiger partial charge on any atom is -0.344 e. The van der Waals surface area contributed by atoms with Crippen LogP contribution in [0.25, 0.3) is 0 Å². The van der Waals surface area contributed by atoms with Crippen LogP contribution in [-0.4, -0.2) is 7.05 Å². The zero-order chi connectivity index (χ0) is 13.1. The summed E-state index contributed by atoms with van der Waals surface area (Å²) in [5, 5.41) is 0. The maximum atomic E-state index is 13.7. The van der Waals surface area contributed by atoms with E-state index in [1.807, 2.05) is 43.1 Å². The van der Waals surface area contributed by atoms with Gasteiger partial charge in [0.15, 0.2) is 0 Å². The van der Waals surface area contributed by atoms with Crippen LogP contribution in [0.4, 0.5) is 15.8 Å². The summed E-state index contributed by atoms with van der Waals surface area (Å²) < 4.78 is 13.7. The molecule has 0 radical (unpaired) electrons. The second kappa shape index (κ2) is 5.40. The summed E-state index contributed by atoms with van der Waals surface area (Å²) >= 11 is 5.83. The molecule has 0 amide bonds. The quantitative estimate of drug-likeness (QED) is 0.729. The Morgan fingerprint density at radius 2 is 1.89 bits per heavy atom. The Morgan fingerprint density at radius 3 is 2.56 bits per heavy atom. The number of nitrogens with zero attached hydrogens (tertiary/aromatic N) is 1. The van der Waals surface area contributed by atoms with E-state index in [9.17, 15) is 4.39 Å². The minimum atomic E-state index is -0.262. The zero-order valence-electron chi connectivity index (χ0n) is 10.5. The fourth-order valence-corrected chi connectivity index (χ4v) is 2.23. The second-order valence-corrected chi connectivity index (χ2v) is 4.54. The largest absolute Gasteiger partial charge is 0.344 e. The lowest BCUT2D eigenvalue weighted by molar-refractivity contribution is 0.617. The third kappa shape index (κ3) is 2.49. The molecule has 0 heterocycles. The van der Waals surface area contributed by atoms with Crippen molar-refractivity contribution in [2.75, 3.05) is 11.9 Å². The molecule has 1 nitrogen and oxygen atoms in total. The highest BCUT2D eigenvalue weighted by atomic mass is 35.5. The van der Waals surface area contributed by atoms with Crippen LogP contribution in [0.1, 0.15) is 11.1 Å². The van der Waals surface area contributed by atoms with Gasteiger partial charge in [-0.15, -0.1) is 11.6 Å². The molecule has 0 aromatic heterocycles. The number of hydrogen-bond donors (Lipinski definition) is 0. The number of anilines is 2. The third-order valence-electron chi connectivity index (χ3n) is 2.98. The average Bonchev–Trinajstić information content (AvgIpc) is 2.37. The van der Waals surface area contributed by atoms with Crippen LogP contribution < -0.4 is 4.90 Å². The van der Waals surface area contributed by atoms with Crippen LogP contribution in [0, 0.1) is 12.7 Å². The fourth-order valence-electron chi connectivity index (χ4n) is 1.97. The van der Waals surface area contributed by atoms with E-state index in [1.54, 1.807) is 6.07 Å². The molecule has 3 heteroatoms. The summed E-state index contributed by atoms with van der Waals surface area (Å²) in [7, 11) is 1.92. The van der Waals surface area contributed by atoms with E-state index in [4.69, 9.17) is 11.6 Å². The molecule has 94 valence electrons. The highest BCUT2D eigenvalue weighted by Crippen LogP contribution is 2.30. The molecular weight excluding hydrogens is 249 g/mol. The lowest BCUT2D eigenvalue weighted by Gasteiger charge is -2.22.